The maximum absolute atomic E-state index is 12.9. The van der Waals surface area contributed by atoms with Gasteiger partial charge in [0.2, 0.25) is 0 Å². The van der Waals surface area contributed by atoms with Crippen LogP contribution in [0.5, 0.6) is 0 Å². The average molecular weight is 476 g/mol. The molecule has 2 aliphatic heterocycles. The van der Waals surface area contributed by atoms with Gasteiger partial charge >= 0.3 is 0 Å². The number of nitrogens with zero attached hydrogens (tertiary/aromatic N) is 7. The number of piperidine rings is 1. The lowest BCUT2D eigenvalue weighted by molar-refractivity contribution is -0.128. The summed E-state index contributed by atoms with van der Waals surface area (Å²) in [5, 5.41) is 11.6. The lowest BCUT2D eigenvalue weighted by atomic mass is 9.85. The maximum atomic E-state index is 12.9. The summed E-state index contributed by atoms with van der Waals surface area (Å²) in [7, 11) is 0. The van der Waals surface area contributed by atoms with Gasteiger partial charge in [0.15, 0.2) is 11.5 Å². The van der Waals surface area contributed by atoms with E-state index in [1.54, 1.807) is 23.1 Å². The number of carbonyl (C=O) groups excluding carboxylic acids is 1. The molecule has 35 heavy (non-hydrogen) atoms. The largest absolute Gasteiger partial charge is 0.383 e. The molecular weight excluding hydrogens is 446 g/mol. The second-order valence-corrected chi connectivity index (χ2v) is 9.01. The molecule has 0 spiro atoms. The van der Waals surface area contributed by atoms with Crippen molar-refractivity contribution in [2.24, 2.45) is 16.5 Å². The van der Waals surface area contributed by atoms with Gasteiger partial charge in [-0.05, 0) is 32.1 Å². The third kappa shape index (κ3) is 3.79. The Balaban J connectivity index is 1.52. The number of carbonyl (C=O) groups is 1. The second-order valence-electron chi connectivity index (χ2n) is 9.01. The van der Waals surface area contributed by atoms with Gasteiger partial charge in [-0.15, -0.1) is 0 Å². The Morgan fingerprint density at radius 3 is 2.51 bits per heavy atom. The monoisotopic (exact) mass is 475 g/mol. The second kappa shape index (κ2) is 9.02. The van der Waals surface area contributed by atoms with Crippen LogP contribution in [0.1, 0.15) is 55.6 Å². The molecule has 3 aromatic heterocycles. The minimum atomic E-state index is -0.294. The molecule has 2 unspecified atom stereocenters. The normalized spacial score (nSPS) is 22.1. The molecule has 2 saturated heterocycles. The lowest BCUT2D eigenvalue weighted by Gasteiger charge is -2.39. The van der Waals surface area contributed by atoms with Gasteiger partial charge < -0.3 is 22.1 Å². The van der Waals surface area contributed by atoms with Crippen LogP contribution in [-0.4, -0.2) is 59.6 Å². The van der Waals surface area contributed by atoms with Gasteiger partial charge in [0, 0.05) is 47.1 Å². The molecule has 2 atom stereocenters. The molecule has 0 radical (unpaired) electrons. The number of fused-ring (bicyclic) bond motifs is 3. The summed E-state index contributed by atoms with van der Waals surface area (Å²) in [6, 6.07) is 0.104. The van der Waals surface area contributed by atoms with Crippen LogP contribution in [0.25, 0.3) is 16.8 Å². The van der Waals surface area contributed by atoms with Crippen molar-refractivity contribution < 1.29 is 4.79 Å². The summed E-state index contributed by atoms with van der Waals surface area (Å²) in [6.45, 7) is 2.33. The number of anilines is 1. The first kappa shape index (κ1) is 22.8. The SMILES string of the molecule is CCc1c(C2CC3CCC(C2)N3C(=O)C(N)=NC=N)nc2c(-c3cnc(CN)nc3)cnn2c1N. The first-order valence-electron chi connectivity index (χ1n) is 11.8. The topological polar surface area (TPSA) is 191 Å². The molecule has 2 aliphatic rings. The third-order valence-electron chi connectivity index (χ3n) is 7.15. The minimum Gasteiger partial charge on any atom is -0.383 e. The van der Waals surface area contributed by atoms with Crippen molar-refractivity contribution >= 4 is 29.5 Å². The van der Waals surface area contributed by atoms with Crippen molar-refractivity contribution in [3.8, 4) is 11.1 Å². The molecule has 12 nitrogen and oxygen atoms in total. The fourth-order valence-corrected chi connectivity index (χ4v) is 5.56. The molecule has 5 heterocycles. The first-order valence-corrected chi connectivity index (χ1v) is 11.8. The quantitative estimate of drug-likeness (QED) is 0.310. The van der Waals surface area contributed by atoms with Gasteiger partial charge in [-0.3, -0.25) is 10.2 Å². The Morgan fingerprint density at radius 1 is 1.23 bits per heavy atom. The van der Waals surface area contributed by atoms with Crippen molar-refractivity contribution in [3.63, 3.8) is 0 Å². The fraction of sp³-hybridized carbons (Fsp3) is 0.435. The number of aromatic nitrogens is 5. The molecule has 12 heteroatoms. The standard InChI is InChI=1S/C23H29N11O/c1-2-16-19(12-5-14-3-4-15(6-12)33(14)23(35)20(26)30-11-25)32-22-17(10-31-34(22)21(16)27)13-8-28-18(7-24)29-9-13/h8-12,14-15H,2-7,24,27H2,1H3,(H3,25,26,30). The first-order chi connectivity index (χ1) is 17.0. The number of nitrogens with one attached hydrogen (secondary N) is 1. The predicted octanol–water partition coefficient (Wildman–Crippen LogP) is 0.991. The van der Waals surface area contributed by atoms with Crippen LogP contribution in [0.2, 0.25) is 0 Å². The zero-order chi connectivity index (χ0) is 24.7. The molecule has 0 aromatic carbocycles. The Labute approximate surface area is 202 Å². The van der Waals surface area contributed by atoms with E-state index in [1.165, 1.54) is 0 Å². The summed E-state index contributed by atoms with van der Waals surface area (Å²) in [5.41, 5.74) is 22.2. The highest BCUT2D eigenvalue weighted by Crippen LogP contribution is 2.44. The van der Waals surface area contributed by atoms with Gasteiger partial charge in [-0.1, -0.05) is 6.92 Å². The van der Waals surface area contributed by atoms with E-state index in [0.29, 0.717) is 17.3 Å². The fourth-order valence-electron chi connectivity index (χ4n) is 5.56. The van der Waals surface area contributed by atoms with Crippen molar-refractivity contribution in [2.45, 2.75) is 63.6 Å². The summed E-state index contributed by atoms with van der Waals surface area (Å²) in [4.78, 5) is 32.1. The highest BCUT2D eigenvalue weighted by atomic mass is 16.2. The van der Waals surface area contributed by atoms with E-state index in [0.717, 1.165) is 60.8 Å². The molecule has 1 amide bonds. The highest BCUT2D eigenvalue weighted by molar-refractivity contribution is 6.38. The Hall–Kier alpha value is -3.93. The molecule has 2 bridgehead atoms. The van der Waals surface area contributed by atoms with E-state index in [1.807, 2.05) is 4.90 Å². The molecular formula is C23H29N11O. The number of amidine groups is 1. The lowest BCUT2D eigenvalue weighted by Crippen LogP contribution is -2.50. The number of aliphatic imine (C=N–C) groups is 1. The van der Waals surface area contributed by atoms with Crippen LogP contribution >= 0.6 is 0 Å². The predicted molar refractivity (Wildman–Crippen MR) is 132 cm³/mol. The van der Waals surface area contributed by atoms with E-state index < -0.39 is 0 Å². The van der Waals surface area contributed by atoms with E-state index >= 15 is 0 Å². The summed E-state index contributed by atoms with van der Waals surface area (Å²) < 4.78 is 1.68. The van der Waals surface area contributed by atoms with Gasteiger partial charge in [0.25, 0.3) is 5.91 Å². The van der Waals surface area contributed by atoms with Crippen molar-refractivity contribution in [2.75, 3.05) is 5.73 Å². The molecule has 2 fully saturated rings. The van der Waals surface area contributed by atoms with Gasteiger partial charge in [-0.2, -0.15) is 9.61 Å². The molecule has 5 rings (SSSR count). The number of hydrogen-bond acceptors (Lipinski definition) is 8. The van der Waals surface area contributed by atoms with Crippen LogP contribution in [0.15, 0.2) is 23.6 Å². The minimum absolute atomic E-state index is 0.0521. The average Bonchev–Trinajstić information content (AvgIpc) is 3.41. The summed E-state index contributed by atoms with van der Waals surface area (Å²) >= 11 is 0. The number of amides is 1. The zero-order valence-corrected chi connectivity index (χ0v) is 19.6. The third-order valence-corrected chi connectivity index (χ3v) is 7.15. The van der Waals surface area contributed by atoms with Gasteiger partial charge in [0.05, 0.1) is 18.4 Å². The highest BCUT2D eigenvalue weighted by Gasteiger charge is 2.45. The molecule has 3 aromatic rings. The maximum Gasteiger partial charge on any atom is 0.289 e. The Bertz CT molecular complexity index is 1300. The Morgan fingerprint density at radius 2 is 1.91 bits per heavy atom. The molecule has 0 aliphatic carbocycles. The van der Waals surface area contributed by atoms with E-state index in [-0.39, 0.29) is 36.3 Å². The number of nitrogen functional groups attached to an aromatic ring is 1. The van der Waals surface area contributed by atoms with E-state index in [9.17, 15) is 4.79 Å². The van der Waals surface area contributed by atoms with Crippen molar-refractivity contribution in [1.82, 2.24) is 29.5 Å². The number of rotatable bonds is 5. The van der Waals surface area contributed by atoms with E-state index in [4.69, 9.17) is 27.6 Å². The van der Waals surface area contributed by atoms with Crippen LogP contribution in [-0.2, 0) is 17.8 Å². The number of nitrogens with two attached hydrogens (primary N) is 3. The van der Waals surface area contributed by atoms with Crippen molar-refractivity contribution in [3.05, 3.63) is 35.7 Å². The number of hydrogen-bond donors (Lipinski definition) is 4. The molecule has 182 valence electrons. The van der Waals surface area contributed by atoms with E-state index in [2.05, 4.69) is 27.0 Å². The van der Waals surface area contributed by atoms with Crippen LogP contribution < -0.4 is 17.2 Å². The molecule has 7 N–H and O–H groups in total. The van der Waals surface area contributed by atoms with Crippen LogP contribution in [0.3, 0.4) is 0 Å². The Kier molecular flexibility index (Phi) is 5.89. The van der Waals surface area contributed by atoms with Gasteiger partial charge in [-0.25, -0.2) is 19.9 Å². The summed E-state index contributed by atoms with van der Waals surface area (Å²) in [5.74, 6) is 0.858. The smallest absolute Gasteiger partial charge is 0.289 e. The molecule has 0 saturated carbocycles. The van der Waals surface area contributed by atoms with Crippen LogP contribution in [0, 0.1) is 5.41 Å². The zero-order valence-electron chi connectivity index (χ0n) is 19.6. The summed E-state index contributed by atoms with van der Waals surface area (Å²) in [6.07, 6.45) is 10.1. The van der Waals surface area contributed by atoms with Crippen LogP contribution in [0.4, 0.5) is 5.82 Å². The van der Waals surface area contributed by atoms with Crippen molar-refractivity contribution in [1.29, 1.82) is 5.41 Å². The van der Waals surface area contributed by atoms with Gasteiger partial charge in [0.1, 0.15) is 18.0 Å².